The predicted molar refractivity (Wildman–Crippen MR) is 134 cm³/mol. The zero-order chi connectivity index (χ0) is 22.9. The van der Waals surface area contributed by atoms with Crippen molar-refractivity contribution in [1.82, 2.24) is 4.98 Å². The summed E-state index contributed by atoms with van der Waals surface area (Å²) in [7, 11) is 1.70. The molecule has 3 aromatic rings. The molecule has 0 saturated heterocycles. The van der Waals surface area contributed by atoms with Crippen molar-refractivity contribution in [2.75, 3.05) is 13.7 Å². The van der Waals surface area contributed by atoms with Crippen LogP contribution in [0.2, 0.25) is 0 Å². The Balaban J connectivity index is 0.000000303. The molecule has 0 saturated carbocycles. The number of hydrogen-bond donors (Lipinski definition) is 0. The molecule has 0 bridgehead atoms. The molecule has 3 heteroatoms. The zero-order valence-corrected chi connectivity index (χ0v) is 19.6. The van der Waals surface area contributed by atoms with E-state index >= 15 is 0 Å². The maximum atomic E-state index is 10.7. The van der Waals surface area contributed by atoms with Gasteiger partial charge in [-0.05, 0) is 41.7 Å². The second kappa shape index (κ2) is 15.9. The highest BCUT2D eigenvalue weighted by Crippen LogP contribution is 2.21. The fraction of sp³-hybridized carbons (Fsp3) is 0.379. The van der Waals surface area contributed by atoms with Gasteiger partial charge in [0.25, 0.3) is 0 Å². The Morgan fingerprint density at radius 3 is 2.03 bits per heavy atom. The van der Waals surface area contributed by atoms with Crippen molar-refractivity contribution in [3.8, 4) is 11.1 Å². The lowest BCUT2D eigenvalue weighted by molar-refractivity contribution is 0.112. The smallest absolute Gasteiger partial charge is 0.150 e. The van der Waals surface area contributed by atoms with Crippen LogP contribution in [0.3, 0.4) is 0 Å². The largest absolute Gasteiger partial charge is 0.384 e. The Kier molecular flexibility index (Phi) is 12.7. The molecule has 0 N–H and O–H groups in total. The maximum absolute atomic E-state index is 10.7. The van der Waals surface area contributed by atoms with Gasteiger partial charge in [-0.1, -0.05) is 93.6 Å². The lowest BCUT2D eigenvalue weighted by Crippen LogP contribution is -1.95. The Hall–Kier alpha value is -2.78. The minimum atomic E-state index is 0.725. The second-order valence-electron chi connectivity index (χ2n) is 8.02. The van der Waals surface area contributed by atoms with E-state index in [1.54, 1.807) is 13.3 Å². The van der Waals surface area contributed by atoms with E-state index in [2.05, 4.69) is 36.2 Å². The summed E-state index contributed by atoms with van der Waals surface area (Å²) in [5.74, 6) is 0. The Morgan fingerprint density at radius 1 is 0.781 bits per heavy atom. The van der Waals surface area contributed by atoms with E-state index in [-0.39, 0.29) is 0 Å². The van der Waals surface area contributed by atoms with Crippen LogP contribution in [-0.4, -0.2) is 25.0 Å². The van der Waals surface area contributed by atoms with E-state index in [9.17, 15) is 4.79 Å². The van der Waals surface area contributed by atoms with Crippen molar-refractivity contribution in [3.05, 3.63) is 89.7 Å². The van der Waals surface area contributed by atoms with E-state index in [4.69, 9.17) is 4.74 Å². The number of carbonyl (C=O) groups is 1. The fourth-order valence-electron chi connectivity index (χ4n) is 3.48. The number of pyridine rings is 1. The zero-order valence-electron chi connectivity index (χ0n) is 19.6. The molecule has 0 aliphatic carbocycles. The first-order valence-electron chi connectivity index (χ1n) is 11.8. The number of unbranched alkanes of at least 4 members (excludes halogenated alkanes) is 5. The summed E-state index contributed by atoms with van der Waals surface area (Å²) in [5, 5.41) is 0. The highest BCUT2D eigenvalue weighted by Gasteiger charge is 1.99. The van der Waals surface area contributed by atoms with Gasteiger partial charge in [-0.2, -0.15) is 0 Å². The molecule has 3 nitrogen and oxygen atoms in total. The van der Waals surface area contributed by atoms with Crippen molar-refractivity contribution in [1.29, 1.82) is 0 Å². The molecule has 1 heterocycles. The minimum Gasteiger partial charge on any atom is -0.384 e. The van der Waals surface area contributed by atoms with Gasteiger partial charge in [0.1, 0.15) is 6.29 Å². The summed E-state index contributed by atoms with van der Waals surface area (Å²) in [6.07, 6.45) is 12.8. The number of aldehydes is 1. The molecule has 0 aliphatic rings. The third kappa shape index (κ3) is 10.0. The average Bonchev–Trinajstić information content (AvgIpc) is 2.86. The molecule has 2 aromatic carbocycles. The molecular weight excluding hydrogens is 394 g/mol. The molecule has 0 spiro atoms. The summed E-state index contributed by atoms with van der Waals surface area (Å²) in [6.45, 7) is 3.01. The number of carbonyl (C=O) groups excluding carboxylic acids is 1. The van der Waals surface area contributed by atoms with Crippen molar-refractivity contribution in [2.45, 2.75) is 58.3 Å². The topological polar surface area (TPSA) is 39.2 Å². The Labute approximate surface area is 193 Å². The fourth-order valence-corrected chi connectivity index (χ4v) is 3.48. The molecule has 0 amide bonds. The van der Waals surface area contributed by atoms with E-state index < -0.39 is 0 Å². The normalized spacial score (nSPS) is 10.3. The van der Waals surface area contributed by atoms with Gasteiger partial charge in [0.05, 0.1) is 6.61 Å². The lowest BCUT2D eigenvalue weighted by atomic mass is 10.00. The second-order valence-corrected chi connectivity index (χ2v) is 8.02. The maximum Gasteiger partial charge on any atom is 0.150 e. The van der Waals surface area contributed by atoms with Crippen LogP contribution in [0.5, 0.6) is 0 Å². The molecule has 1 aromatic heterocycles. The summed E-state index contributed by atoms with van der Waals surface area (Å²) < 4.78 is 4.91. The standard InChI is InChI=1S/C21H26O.C8H11NO/c1-2-3-4-5-6-7-8-18-9-13-20(14-10-18)21-15-11-19(17-22)12-16-21;1-10-7-5-8-4-2-3-6-9-8/h9-17H,2-8H2,1H3;2-4,6H,5,7H2,1H3. The molecular formula is C29H37NO2. The van der Waals surface area contributed by atoms with Crippen molar-refractivity contribution < 1.29 is 9.53 Å². The van der Waals surface area contributed by atoms with Gasteiger partial charge in [-0.25, -0.2) is 0 Å². The first-order chi connectivity index (χ1) is 15.8. The number of ether oxygens (including phenoxy) is 1. The number of rotatable bonds is 12. The van der Waals surface area contributed by atoms with Crippen molar-refractivity contribution in [2.24, 2.45) is 0 Å². The monoisotopic (exact) mass is 431 g/mol. The summed E-state index contributed by atoms with van der Waals surface area (Å²) in [4.78, 5) is 14.8. The molecule has 0 atom stereocenters. The van der Waals surface area contributed by atoms with Gasteiger partial charge in [0.2, 0.25) is 0 Å². The number of nitrogens with zero attached hydrogens (tertiary/aromatic N) is 1. The number of hydrogen-bond acceptors (Lipinski definition) is 3. The van der Waals surface area contributed by atoms with Crippen LogP contribution in [0.1, 0.15) is 67.1 Å². The first-order valence-corrected chi connectivity index (χ1v) is 11.8. The van der Waals surface area contributed by atoms with Crippen LogP contribution in [0.25, 0.3) is 11.1 Å². The number of benzene rings is 2. The van der Waals surface area contributed by atoms with Crippen LogP contribution >= 0.6 is 0 Å². The Morgan fingerprint density at radius 2 is 1.44 bits per heavy atom. The van der Waals surface area contributed by atoms with Gasteiger partial charge in [-0.3, -0.25) is 9.78 Å². The molecule has 0 unspecified atom stereocenters. The van der Waals surface area contributed by atoms with E-state index in [0.29, 0.717) is 0 Å². The minimum absolute atomic E-state index is 0.725. The van der Waals surface area contributed by atoms with Crippen LogP contribution < -0.4 is 0 Å². The van der Waals surface area contributed by atoms with Gasteiger partial charge < -0.3 is 4.74 Å². The quantitative estimate of drug-likeness (QED) is 0.222. The third-order valence-electron chi connectivity index (χ3n) is 5.44. The summed E-state index contributed by atoms with van der Waals surface area (Å²) in [5.41, 5.74) is 5.61. The van der Waals surface area contributed by atoms with Crippen molar-refractivity contribution in [3.63, 3.8) is 0 Å². The van der Waals surface area contributed by atoms with Gasteiger partial charge in [0.15, 0.2) is 0 Å². The molecule has 170 valence electrons. The van der Waals surface area contributed by atoms with Crippen LogP contribution in [-0.2, 0) is 17.6 Å². The predicted octanol–water partition coefficient (Wildman–Crippen LogP) is 7.34. The average molecular weight is 432 g/mol. The Bertz CT molecular complexity index is 858. The summed E-state index contributed by atoms with van der Waals surface area (Å²) in [6, 6.07) is 22.5. The molecule has 0 aliphatic heterocycles. The highest BCUT2D eigenvalue weighted by atomic mass is 16.5. The molecule has 3 rings (SSSR count). The number of aromatic nitrogens is 1. The van der Waals surface area contributed by atoms with Crippen LogP contribution in [0.4, 0.5) is 0 Å². The number of aryl methyl sites for hydroxylation is 1. The lowest BCUT2D eigenvalue weighted by Gasteiger charge is -2.05. The van der Waals surface area contributed by atoms with Crippen LogP contribution in [0.15, 0.2) is 72.9 Å². The van der Waals surface area contributed by atoms with Gasteiger partial charge in [-0.15, -0.1) is 0 Å². The van der Waals surface area contributed by atoms with Crippen molar-refractivity contribution >= 4 is 6.29 Å². The van der Waals surface area contributed by atoms with E-state index in [1.165, 1.54) is 56.1 Å². The van der Waals surface area contributed by atoms with Gasteiger partial charge >= 0.3 is 0 Å². The molecule has 32 heavy (non-hydrogen) atoms. The third-order valence-corrected chi connectivity index (χ3v) is 5.44. The van der Waals surface area contributed by atoms with E-state index in [0.717, 1.165) is 36.1 Å². The molecule has 0 fully saturated rings. The highest BCUT2D eigenvalue weighted by molar-refractivity contribution is 5.76. The SMILES string of the molecule is CCCCCCCCc1ccc(-c2ccc(C=O)cc2)cc1.COCCc1ccccn1. The molecule has 0 radical (unpaired) electrons. The van der Waals surface area contributed by atoms with Crippen LogP contribution in [0, 0.1) is 0 Å². The van der Waals surface area contributed by atoms with E-state index in [1.807, 2.05) is 42.5 Å². The summed E-state index contributed by atoms with van der Waals surface area (Å²) >= 11 is 0. The first kappa shape index (κ1) is 25.5. The van der Waals surface area contributed by atoms with Gasteiger partial charge in [0, 0.05) is 31.0 Å². The number of methoxy groups -OCH3 is 1.